The van der Waals surface area contributed by atoms with E-state index in [9.17, 15) is 13.2 Å². The number of amides is 1. The highest BCUT2D eigenvalue weighted by atomic mass is 32.2. The Bertz CT molecular complexity index is 652. The second-order valence-corrected chi connectivity index (χ2v) is 8.42. The summed E-state index contributed by atoms with van der Waals surface area (Å²) in [7, 11) is -1.40. The van der Waals surface area contributed by atoms with Gasteiger partial charge in [0.2, 0.25) is 5.91 Å². The summed E-state index contributed by atoms with van der Waals surface area (Å²) in [6.45, 7) is 3.88. The van der Waals surface area contributed by atoms with Crippen molar-refractivity contribution in [2.75, 3.05) is 51.8 Å². The first-order valence-corrected chi connectivity index (χ1v) is 10.2. The second kappa shape index (κ2) is 8.48. The number of sulfone groups is 1. The zero-order valence-corrected chi connectivity index (χ0v) is 15.2. The van der Waals surface area contributed by atoms with Crippen LogP contribution < -0.4 is 4.74 Å². The quantitative estimate of drug-likeness (QED) is 0.725. The molecule has 0 saturated carbocycles. The topological polar surface area (TPSA) is 66.9 Å². The summed E-state index contributed by atoms with van der Waals surface area (Å²) in [6.07, 6.45) is 2.15. The molecule has 1 heterocycles. The Balaban J connectivity index is 1.75. The molecule has 0 aromatic heterocycles. The van der Waals surface area contributed by atoms with E-state index >= 15 is 0 Å². The van der Waals surface area contributed by atoms with Crippen LogP contribution in [0, 0.1) is 0 Å². The Hall–Kier alpha value is -1.60. The highest BCUT2D eigenvalue weighted by molar-refractivity contribution is 7.90. The number of hydrogen-bond acceptors (Lipinski definition) is 5. The van der Waals surface area contributed by atoms with Gasteiger partial charge in [0.25, 0.3) is 0 Å². The summed E-state index contributed by atoms with van der Waals surface area (Å²) in [4.78, 5) is 16.1. The van der Waals surface area contributed by atoms with Crippen molar-refractivity contribution in [2.24, 2.45) is 0 Å². The molecule has 0 N–H and O–H groups in total. The summed E-state index contributed by atoms with van der Waals surface area (Å²) in [5, 5.41) is 0. The van der Waals surface area contributed by atoms with Gasteiger partial charge in [-0.1, -0.05) is 18.2 Å². The number of methoxy groups -OCH3 is 1. The lowest BCUT2D eigenvalue weighted by Crippen LogP contribution is -2.49. The van der Waals surface area contributed by atoms with E-state index in [1.807, 2.05) is 18.2 Å². The summed E-state index contributed by atoms with van der Waals surface area (Å²) >= 11 is 0. The number of hydrogen-bond donors (Lipinski definition) is 0. The van der Waals surface area contributed by atoms with E-state index in [4.69, 9.17) is 4.74 Å². The van der Waals surface area contributed by atoms with Gasteiger partial charge in [-0.25, -0.2) is 8.42 Å². The van der Waals surface area contributed by atoms with Crippen molar-refractivity contribution in [1.82, 2.24) is 9.80 Å². The molecule has 1 aromatic carbocycles. The molecule has 0 bridgehead atoms. The monoisotopic (exact) mass is 354 g/mol. The maximum absolute atomic E-state index is 12.0. The van der Waals surface area contributed by atoms with Crippen molar-refractivity contribution < 1.29 is 17.9 Å². The van der Waals surface area contributed by atoms with Gasteiger partial charge >= 0.3 is 0 Å². The van der Waals surface area contributed by atoms with Crippen LogP contribution in [0.3, 0.4) is 0 Å². The van der Waals surface area contributed by atoms with E-state index in [1.165, 1.54) is 5.56 Å². The second-order valence-electron chi connectivity index (χ2n) is 6.16. The fraction of sp³-hybridized carbons (Fsp3) is 0.588. The minimum Gasteiger partial charge on any atom is -0.496 e. The van der Waals surface area contributed by atoms with Crippen LogP contribution in [0.25, 0.3) is 0 Å². The molecule has 0 unspecified atom stereocenters. The van der Waals surface area contributed by atoms with Gasteiger partial charge in [-0.05, 0) is 18.1 Å². The zero-order chi connectivity index (χ0) is 17.6. The first-order valence-electron chi connectivity index (χ1n) is 8.19. The summed E-state index contributed by atoms with van der Waals surface area (Å²) in [5.74, 6) is 0.775. The van der Waals surface area contributed by atoms with Crippen LogP contribution in [0.15, 0.2) is 24.3 Å². The molecule has 1 aliphatic heterocycles. The predicted molar refractivity (Wildman–Crippen MR) is 94.0 cm³/mol. The smallest absolute Gasteiger partial charge is 0.223 e. The maximum Gasteiger partial charge on any atom is 0.223 e. The Morgan fingerprint density at radius 3 is 2.46 bits per heavy atom. The number of carbonyl (C=O) groups excluding carboxylic acids is 1. The standard InChI is InChI=1S/C17H26N2O4S/c1-23-16-6-4-3-5-15(16)7-9-18-10-12-19(13-11-18)17(20)8-14-24(2,21)22/h3-6H,7-14H2,1-2H3. The SMILES string of the molecule is COc1ccccc1CCN1CCN(C(=O)CCS(C)(=O)=O)CC1. The molecule has 0 aliphatic carbocycles. The molecule has 2 rings (SSSR count). The van der Waals surface area contributed by atoms with Crippen LogP contribution in [0.5, 0.6) is 5.75 Å². The lowest BCUT2D eigenvalue weighted by molar-refractivity contribution is -0.132. The molecule has 1 aliphatic rings. The molecule has 0 radical (unpaired) electrons. The van der Waals surface area contributed by atoms with Crippen molar-refractivity contribution >= 4 is 15.7 Å². The summed E-state index contributed by atoms with van der Waals surface area (Å²) in [6, 6.07) is 8.01. The van der Waals surface area contributed by atoms with E-state index < -0.39 is 9.84 Å². The van der Waals surface area contributed by atoms with Gasteiger partial charge in [-0.3, -0.25) is 9.69 Å². The van der Waals surface area contributed by atoms with Crippen LogP contribution in [-0.4, -0.2) is 76.0 Å². The lowest BCUT2D eigenvalue weighted by Gasteiger charge is -2.34. The van der Waals surface area contributed by atoms with E-state index in [-0.39, 0.29) is 18.1 Å². The molecule has 134 valence electrons. The maximum atomic E-state index is 12.0. The molecule has 0 spiro atoms. The lowest BCUT2D eigenvalue weighted by atomic mass is 10.1. The normalized spacial score (nSPS) is 16.2. The van der Waals surface area contributed by atoms with Gasteiger partial charge in [0.05, 0.1) is 12.9 Å². The van der Waals surface area contributed by atoms with E-state index in [0.717, 1.165) is 38.1 Å². The molecular weight excluding hydrogens is 328 g/mol. The van der Waals surface area contributed by atoms with Crippen molar-refractivity contribution in [3.8, 4) is 5.75 Å². The number of piperazine rings is 1. The molecule has 1 amide bonds. The van der Waals surface area contributed by atoms with Gasteiger partial charge < -0.3 is 9.64 Å². The Morgan fingerprint density at radius 1 is 1.17 bits per heavy atom. The highest BCUT2D eigenvalue weighted by Crippen LogP contribution is 2.18. The highest BCUT2D eigenvalue weighted by Gasteiger charge is 2.21. The average molecular weight is 354 g/mol. The summed E-state index contributed by atoms with van der Waals surface area (Å²) < 4.78 is 27.7. The van der Waals surface area contributed by atoms with Crippen molar-refractivity contribution in [3.05, 3.63) is 29.8 Å². The third kappa shape index (κ3) is 5.79. The van der Waals surface area contributed by atoms with Crippen LogP contribution in [0.1, 0.15) is 12.0 Å². The van der Waals surface area contributed by atoms with Crippen LogP contribution in [0.4, 0.5) is 0 Å². The molecule has 1 fully saturated rings. The van der Waals surface area contributed by atoms with Gasteiger partial charge in [0.1, 0.15) is 15.6 Å². The van der Waals surface area contributed by atoms with Crippen LogP contribution in [0.2, 0.25) is 0 Å². The van der Waals surface area contributed by atoms with Gasteiger partial charge in [0.15, 0.2) is 0 Å². The summed E-state index contributed by atoms with van der Waals surface area (Å²) in [5.41, 5.74) is 1.19. The van der Waals surface area contributed by atoms with Gasteiger partial charge in [-0.15, -0.1) is 0 Å². The molecule has 7 heteroatoms. The van der Waals surface area contributed by atoms with Crippen molar-refractivity contribution in [3.63, 3.8) is 0 Å². The number of benzene rings is 1. The zero-order valence-electron chi connectivity index (χ0n) is 14.4. The number of nitrogens with zero attached hydrogens (tertiary/aromatic N) is 2. The third-order valence-corrected chi connectivity index (χ3v) is 5.25. The van der Waals surface area contributed by atoms with E-state index in [0.29, 0.717) is 13.1 Å². The minimum atomic E-state index is -3.08. The third-order valence-electron chi connectivity index (χ3n) is 4.30. The van der Waals surface area contributed by atoms with E-state index in [2.05, 4.69) is 11.0 Å². The molecule has 1 saturated heterocycles. The first-order chi connectivity index (χ1) is 11.4. The molecule has 24 heavy (non-hydrogen) atoms. The molecule has 1 aromatic rings. The van der Waals surface area contributed by atoms with Gasteiger partial charge in [0, 0.05) is 45.4 Å². The fourth-order valence-electron chi connectivity index (χ4n) is 2.84. The molecular formula is C17H26N2O4S. The van der Waals surface area contributed by atoms with Crippen molar-refractivity contribution in [1.29, 1.82) is 0 Å². The van der Waals surface area contributed by atoms with Gasteiger partial charge in [-0.2, -0.15) is 0 Å². The van der Waals surface area contributed by atoms with E-state index in [1.54, 1.807) is 12.0 Å². The Kier molecular flexibility index (Phi) is 6.62. The number of rotatable bonds is 7. The molecule has 0 atom stereocenters. The largest absolute Gasteiger partial charge is 0.496 e. The van der Waals surface area contributed by atoms with Crippen LogP contribution >= 0.6 is 0 Å². The fourth-order valence-corrected chi connectivity index (χ4v) is 3.39. The Morgan fingerprint density at radius 2 is 1.83 bits per heavy atom. The first kappa shape index (κ1) is 18.7. The average Bonchev–Trinajstić information content (AvgIpc) is 2.58. The molecule has 6 nitrogen and oxygen atoms in total. The predicted octanol–water partition coefficient (Wildman–Crippen LogP) is 0.817. The Labute approximate surface area is 144 Å². The number of para-hydroxylation sites is 1. The number of carbonyl (C=O) groups is 1. The van der Waals surface area contributed by atoms with Crippen molar-refractivity contribution in [2.45, 2.75) is 12.8 Å². The minimum absolute atomic E-state index is 0.0650. The number of ether oxygens (including phenoxy) is 1. The van der Waals surface area contributed by atoms with Crippen LogP contribution in [-0.2, 0) is 21.1 Å².